The first kappa shape index (κ1) is 12.2. The van der Waals surface area contributed by atoms with Crippen LogP contribution in [0.4, 0.5) is 0 Å². The van der Waals surface area contributed by atoms with Crippen LogP contribution < -0.4 is 5.32 Å². The zero-order valence-corrected chi connectivity index (χ0v) is 11.9. The maximum Gasteiger partial charge on any atom is 0.0208 e. The fourth-order valence-electron chi connectivity index (χ4n) is 3.70. The topological polar surface area (TPSA) is 12.0 Å². The van der Waals surface area contributed by atoms with E-state index in [1.807, 2.05) is 0 Å². The van der Waals surface area contributed by atoms with Crippen LogP contribution in [0, 0.1) is 0 Å². The average Bonchev–Trinajstić information content (AvgIpc) is 3.10. The molecule has 0 amide bonds. The monoisotopic (exact) mass is 263 g/mol. The molecule has 0 spiro atoms. The van der Waals surface area contributed by atoms with Crippen molar-refractivity contribution in [1.82, 2.24) is 5.32 Å². The van der Waals surface area contributed by atoms with E-state index in [1.54, 1.807) is 11.1 Å². The van der Waals surface area contributed by atoms with Crippen molar-refractivity contribution in [3.05, 3.63) is 70.3 Å². The molecule has 0 atom stereocenters. The molecule has 0 aliphatic heterocycles. The number of fused-ring (bicyclic) bond motifs is 2. The Bertz CT molecular complexity index is 604. The van der Waals surface area contributed by atoms with Crippen molar-refractivity contribution in [3.63, 3.8) is 0 Å². The van der Waals surface area contributed by atoms with E-state index < -0.39 is 0 Å². The summed E-state index contributed by atoms with van der Waals surface area (Å²) in [6.45, 7) is 1.01. The van der Waals surface area contributed by atoms with Gasteiger partial charge in [0.25, 0.3) is 0 Å². The van der Waals surface area contributed by atoms with Crippen molar-refractivity contribution in [2.75, 3.05) is 0 Å². The number of hydrogen-bond acceptors (Lipinski definition) is 1. The Labute approximate surface area is 121 Å². The van der Waals surface area contributed by atoms with Gasteiger partial charge >= 0.3 is 0 Å². The van der Waals surface area contributed by atoms with Crippen LogP contribution in [0.25, 0.3) is 0 Å². The van der Waals surface area contributed by atoms with Crippen molar-refractivity contribution < 1.29 is 0 Å². The van der Waals surface area contributed by atoms with Crippen LogP contribution in [0.3, 0.4) is 0 Å². The maximum absolute atomic E-state index is 3.74. The van der Waals surface area contributed by atoms with Gasteiger partial charge in [-0.05, 0) is 59.9 Å². The zero-order valence-electron chi connectivity index (χ0n) is 11.9. The van der Waals surface area contributed by atoms with Crippen molar-refractivity contribution in [1.29, 1.82) is 0 Å². The molecule has 2 aliphatic rings. The van der Waals surface area contributed by atoms with Crippen molar-refractivity contribution in [2.24, 2.45) is 0 Å². The largest absolute Gasteiger partial charge is 0.309 e. The molecule has 0 bridgehead atoms. The van der Waals surface area contributed by atoms with Crippen LogP contribution in [0.2, 0.25) is 0 Å². The van der Waals surface area contributed by atoms with E-state index in [9.17, 15) is 0 Å². The third-order valence-corrected chi connectivity index (χ3v) is 4.81. The highest BCUT2D eigenvalue weighted by Crippen LogP contribution is 2.24. The lowest BCUT2D eigenvalue weighted by Gasteiger charge is -2.12. The summed E-state index contributed by atoms with van der Waals surface area (Å²) in [4.78, 5) is 0. The molecule has 1 nitrogen and oxygen atoms in total. The van der Waals surface area contributed by atoms with Gasteiger partial charge in [0.1, 0.15) is 0 Å². The second-order valence-corrected chi connectivity index (χ2v) is 6.21. The lowest BCUT2D eigenvalue weighted by Crippen LogP contribution is -2.28. The van der Waals surface area contributed by atoms with Crippen LogP contribution >= 0.6 is 0 Å². The molecule has 4 rings (SSSR count). The van der Waals surface area contributed by atoms with Gasteiger partial charge in [-0.15, -0.1) is 0 Å². The first-order chi connectivity index (χ1) is 9.88. The molecule has 0 fully saturated rings. The van der Waals surface area contributed by atoms with Crippen LogP contribution in [0.15, 0.2) is 42.5 Å². The zero-order chi connectivity index (χ0) is 13.4. The van der Waals surface area contributed by atoms with E-state index >= 15 is 0 Å². The Morgan fingerprint density at radius 3 is 2.40 bits per heavy atom. The fraction of sp³-hybridized carbons (Fsp3) is 0.368. The fourth-order valence-corrected chi connectivity index (χ4v) is 3.70. The molecule has 102 valence electrons. The summed E-state index contributed by atoms with van der Waals surface area (Å²) >= 11 is 0. The van der Waals surface area contributed by atoms with E-state index in [2.05, 4.69) is 47.8 Å². The third-order valence-electron chi connectivity index (χ3n) is 4.81. The van der Waals surface area contributed by atoms with E-state index in [0.717, 1.165) is 6.54 Å². The van der Waals surface area contributed by atoms with Gasteiger partial charge in [0, 0.05) is 12.6 Å². The van der Waals surface area contributed by atoms with Crippen molar-refractivity contribution >= 4 is 0 Å². The van der Waals surface area contributed by atoms with Crippen LogP contribution in [0.1, 0.15) is 34.2 Å². The summed E-state index contributed by atoms with van der Waals surface area (Å²) in [5, 5.41) is 3.74. The summed E-state index contributed by atoms with van der Waals surface area (Å²) in [5.74, 6) is 0. The predicted octanol–water partition coefficient (Wildman–Crippen LogP) is 3.43. The van der Waals surface area contributed by atoms with Gasteiger partial charge in [0.15, 0.2) is 0 Å². The van der Waals surface area contributed by atoms with E-state index in [0.29, 0.717) is 6.04 Å². The summed E-state index contributed by atoms with van der Waals surface area (Å²) in [6, 6.07) is 16.5. The van der Waals surface area contributed by atoms with Gasteiger partial charge < -0.3 is 5.32 Å². The maximum atomic E-state index is 3.74. The highest BCUT2D eigenvalue weighted by molar-refractivity contribution is 5.36. The third kappa shape index (κ3) is 2.27. The molecule has 20 heavy (non-hydrogen) atoms. The normalized spacial score (nSPS) is 17.2. The molecule has 0 saturated heterocycles. The summed E-state index contributed by atoms with van der Waals surface area (Å²) in [5.41, 5.74) is 7.65. The molecule has 2 aromatic rings. The number of aryl methyl sites for hydroxylation is 2. The number of hydrogen-bond donors (Lipinski definition) is 1. The van der Waals surface area contributed by atoms with E-state index in [4.69, 9.17) is 0 Å². The molecule has 0 radical (unpaired) electrons. The molecular formula is C19H21N. The SMILES string of the molecule is c1ccc2c(c1)CC(NCc1ccc3c(c1)CCC3)C2. The Kier molecular flexibility index (Phi) is 3.08. The highest BCUT2D eigenvalue weighted by atomic mass is 14.9. The Hall–Kier alpha value is -1.60. The molecule has 1 N–H and O–H groups in total. The minimum absolute atomic E-state index is 0.612. The molecule has 2 aliphatic carbocycles. The highest BCUT2D eigenvalue weighted by Gasteiger charge is 2.20. The van der Waals surface area contributed by atoms with Crippen molar-refractivity contribution in [2.45, 2.75) is 44.7 Å². The molecule has 2 aromatic carbocycles. The van der Waals surface area contributed by atoms with Crippen LogP contribution in [0.5, 0.6) is 0 Å². The van der Waals surface area contributed by atoms with Gasteiger partial charge in [-0.25, -0.2) is 0 Å². The molecule has 0 heterocycles. The standard InChI is InChI=1S/C19H21N/c1-2-5-18-12-19(11-17(18)4-1)20-13-14-8-9-15-6-3-7-16(15)10-14/h1-2,4-5,8-10,19-20H,3,6-7,11-13H2. The molecule has 0 unspecified atom stereocenters. The van der Waals surface area contributed by atoms with E-state index in [-0.39, 0.29) is 0 Å². The second kappa shape index (κ2) is 5.06. The predicted molar refractivity (Wildman–Crippen MR) is 82.9 cm³/mol. The summed E-state index contributed by atoms with van der Waals surface area (Å²) < 4.78 is 0. The van der Waals surface area contributed by atoms with Gasteiger partial charge in [0.05, 0.1) is 0 Å². The van der Waals surface area contributed by atoms with Gasteiger partial charge in [-0.1, -0.05) is 42.5 Å². The van der Waals surface area contributed by atoms with E-state index in [1.165, 1.54) is 48.8 Å². The summed E-state index contributed by atoms with van der Waals surface area (Å²) in [7, 11) is 0. The van der Waals surface area contributed by atoms with Gasteiger partial charge in [-0.2, -0.15) is 0 Å². The minimum atomic E-state index is 0.612. The molecule has 1 heteroatoms. The first-order valence-corrected chi connectivity index (χ1v) is 7.79. The van der Waals surface area contributed by atoms with Crippen LogP contribution in [-0.4, -0.2) is 6.04 Å². The quantitative estimate of drug-likeness (QED) is 0.894. The average molecular weight is 263 g/mol. The van der Waals surface area contributed by atoms with Crippen molar-refractivity contribution in [3.8, 4) is 0 Å². The second-order valence-electron chi connectivity index (χ2n) is 6.21. The Balaban J connectivity index is 1.40. The molecular weight excluding hydrogens is 242 g/mol. The number of rotatable bonds is 3. The smallest absolute Gasteiger partial charge is 0.0208 e. The number of benzene rings is 2. The molecule has 0 aromatic heterocycles. The Morgan fingerprint density at radius 2 is 1.60 bits per heavy atom. The van der Waals surface area contributed by atoms with Gasteiger partial charge in [0.2, 0.25) is 0 Å². The summed E-state index contributed by atoms with van der Waals surface area (Å²) in [6.07, 6.45) is 6.26. The lowest BCUT2D eigenvalue weighted by atomic mass is 10.1. The van der Waals surface area contributed by atoms with Crippen LogP contribution in [-0.2, 0) is 32.2 Å². The Morgan fingerprint density at radius 1 is 0.850 bits per heavy atom. The lowest BCUT2D eigenvalue weighted by molar-refractivity contribution is 0.533. The van der Waals surface area contributed by atoms with Gasteiger partial charge in [-0.3, -0.25) is 0 Å². The number of nitrogens with one attached hydrogen (secondary N) is 1. The minimum Gasteiger partial charge on any atom is -0.309 e. The molecule has 0 saturated carbocycles. The first-order valence-electron chi connectivity index (χ1n) is 7.79.